The maximum atomic E-state index is 11.6. The third-order valence-electron chi connectivity index (χ3n) is 4.58. The maximum Gasteiger partial charge on any atom is 0.248 e. The largest absolute Gasteiger partial charge is 0.394 e. The van der Waals surface area contributed by atoms with Gasteiger partial charge in [0.05, 0.1) is 13.2 Å². The van der Waals surface area contributed by atoms with Crippen molar-refractivity contribution in [3.05, 3.63) is 0 Å². The zero-order valence-electron chi connectivity index (χ0n) is 19.1. The number of amides is 1. The van der Waals surface area contributed by atoms with Crippen LogP contribution in [0.25, 0.3) is 0 Å². The number of nitrogens with one attached hydrogen (secondary N) is 1. The van der Waals surface area contributed by atoms with E-state index in [-0.39, 0.29) is 315 Å². The summed E-state index contributed by atoms with van der Waals surface area (Å²) < 4.78 is 20.6. The quantitative estimate of drug-likeness (QED) is 0.120. The predicted molar refractivity (Wildman–Crippen MR) is 86.4 cm³/mol. The van der Waals surface area contributed by atoms with Crippen LogP contribution in [-0.2, 0) is 23.7 Å². The monoisotopic (exact) mass is 2000 g/mol. The third-order valence-corrected chi connectivity index (χ3v) is 4.58. The van der Waals surface area contributed by atoms with Gasteiger partial charge >= 0.3 is 0 Å². The van der Waals surface area contributed by atoms with E-state index < -0.39 is 80.5 Å². The van der Waals surface area contributed by atoms with Gasteiger partial charge in [0.2, 0.25) is 5.91 Å². The first-order chi connectivity index (χ1) is 13.2. The van der Waals surface area contributed by atoms with Gasteiger partial charge in [-0.1, -0.05) is 0 Å². The topological polar surface area (TPSA) is 208 Å². The van der Waals surface area contributed by atoms with Crippen molar-refractivity contribution in [2.75, 3.05) is 26.9 Å². The third kappa shape index (κ3) is 17.7. The van der Waals surface area contributed by atoms with E-state index in [0.717, 1.165) is 0 Å². The minimum Gasteiger partial charge on any atom is -0.394 e. The minimum atomic E-state index is -1.75. The van der Waals surface area contributed by atoms with E-state index in [4.69, 9.17) is 14.2 Å². The van der Waals surface area contributed by atoms with Crippen LogP contribution in [0.3, 0.4) is 0 Å². The average Bonchev–Trinajstić information content (AvgIpc) is 2.67. The molecular formula is C15H27Ac7NO12. The van der Waals surface area contributed by atoms with Gasteiger partial charge in [0.15, 0.2) is 12.5 Å². The van der Waals surface area contributed by atoms with Crippen molar-refractivity contribution >= 4 is 5.91 Å². The molecule has 0 aromatic rings. The van der Waals surface area contributed by atoms with Gasteiger partial charge in [-0.15, -0.1) is 0 Å². The zero-order valence-corrected chi connectivity index (χ0v) is 52.3. The molecule has 0 aliphatic carbocycles. The van der Waals surface area contributed by atoms with Crippen molar-refractivity contribution in [1.29, 1.82) is 0 Å². The Morgan fingerprint density at radius 3 is 1.71 bits per heavy atom. The normalized spacial score (nSPS) is 35.4. The molecule has 4 unspecified atom stereocenters. The molecule has 2 saturated heterocycles. The van der Waals surface area contributed by atoms with E-state index in [0.29, 0.717) is 0 Å². The van der Waals surface area contributed by atoms with E-state index in [2.05, 4.69) is 10.1 Å². The molecule has 2 aliphatic heterocycles. The van der Waals surface area contributed by atoms with Crippen LogP contribution in [0.2, 0.25) is 0 Å². The Labute approximate surface area is 454 Å². The fraction of sp³-hybridized carbons (Fsp3) is 0.933. The molecule has 13 nitrogen and oxygen atoms in total. The molecule has 185 valence electrons. The molecule has 10 atom stereocenters. The van der Waals surface area contributed by atoms with Crippen molar-refractivity contribution < 1.29 is 368 Å². The number of methoxy groups -OCH3 is 1. The minimum absolute atomic E-state index is 0. The van der Waals surface area contributed by atoms with E-state index in [1.807, 2.05) is 0 Å². The van der Waals surface area contributed by atoms with Crippen molar-refractivity contribution in [2.45, 2.75) is 61.3 Å². The van der Waals surface area contributed by atoms with Gasteiger partial charge in [-0.2, -0.15) is 0 Å². The van der Waals surface area contributed by atoms with Gasteiger partial charge in [0, 0.05) is 316 Å². The molecule has 0 bridgehead atoms. The van der Waals surface area contributed by atoms with Crippen LogP contribution in [0.4, 0.5) is 0 Å². The molecule has 2 rings (SSSR count). The number of aliphatic hydroxyl groups excluding tert-OH is 7. The Morgan fingerprint density at radius 1 is 0.743 bits per heavy atom. The summed E-state index contributed by atoms with van der Waals surface area (Å²) in [4.78, 5) is 11.6. The van der Waals surface area contributed by atoms with E-state index in [9.17, 15) is 40.5 Å². The fourth-order valence-corrected chi connectivity index (χ4v) is 3.04. The van der Waals surface area contributed by atoms with Crippen molar-refractivity contribution in [3.63, 3.8) is 0 Å². The van der Waals surface area contributed by atoms with Crippen LogP contribution < -0.4 is 5.32 Å². The van der Waals surface area contributed by atoms with Crippen LogP contribution >= 0.6 is 0 Å². The first-order valence-corrected chi connectivity index (χ1v) is 8.61. The van der Waals surface area contributed by atoms with Gasteiger partial charge in [-0.25, -0.2) is 0 Å². The van der Waals surface area contributed by atoms with Crippen LogP contribution in [0, 0.1) is 308 Å². The van der Waals surface area contributed by atoms with Gasteiger partial charge in [-0.05, 0) is 0 Å². The first kappa shape index (κ1) is 56.5. The van der Waals surface area contributed by atoms with E-state index >= 15 is 0 Å². The molecule has 8 N–H and O–H groups in total. The van der Waals surface area contributed by atoms with Crippen LogP contribution in [0.5, 0.6) is 0 Å². The van der Waals surface area contributed by atoms with E-state index in [1.165, 1.54) is 7.11 Å². The number of ether oxygens (including phenoxy) is 4. The molecular weight excluding hydrogens is 1980 g/mol. The van der Waals surface area contributed by atoms with Gasteiger partial charge in [-0.3, -0.25) is 4.79 Å². The predicted octanol–water partition coefficient (Wildman–Crippen LogP) is -5.63. The Hall–Kier alpha value is 9.12. The Balaban J connectivity index is -0.000000300. The van der Waals surface area contributed by atoms with E-state index in [1.54, 1.807) is 0 Å². The number of rotatable bonds is 7. The number of aliphatic hydroxyl groups is 7. The van der Waals surface area contributed by atoms with Crippen LogP contribution in [0.1, 0.15) is 0 Å². The summed E-state index contributed by atoms with van der Waals surface area (Å²) in [7, 11) is 1.29. The summed E-state index contributed by atoms with van der Waals surface area (Å²) in [6, 6.07) is 0. The molecule has 1 amide bonds. The van der Waals surface area contributed by atoms with Gasteiger partial charge < -0.3 is 60.0 Å². The fourth-order valence-electron chi connectivity index (χ4n) is 3.04. The molecule has 2 heterocycles. The standard InChI is InChI=1S/C15H27NO12.7Ac/c1-25-4-7(19)16-14-11(23)10(22)13(6(3-18)26-14)28-15-12(24)9(21)8(20)5(2-17)27-15;;;;;;;/h5-6,8-15,17-18,20-24H,2-4H2,1H3,(H,16,19);;;;;;;/t5?,6?,8-,9-,10+,11?,12?,13-,14+,15-;;;;;;;/m0......./s1. The maximum absolute atomic E-state index is 11.6. The summed E-state index contributed by atoms with van der Waals surface area (Å²) in [5.41, 5.74) is 0. The molecule has 0 saturated carbocycles. The summed E-state index contributed by atoms with van der Waals surface area (Å²) in [5.74, 6) is -0.635. The molecule has 0 aromatic heterocycles. The molecule has 0 spiro atoms. The molecule has 35 heavy (non-hydrogen) atoms. The van der Waals surface area contributed by atoms with Crippen LogP contribution in [-0.4, -0.2) is 130 Å². The van der Waals surface area contributed by atoms with Crippen molar-refractivity contribution in [2.24, 2.45) is 0 Å². The molecule has 0 aromatic carbocycles. The SMILES string of the molecule is COCC(=O)N[C@@H]1OC(CO)[C@H](O[C@@H]2OC(CO)[C@H](O)[C@H](O)C2O)[C@H](O)C1O.[Ac].[Ac].[Ac].[Ac].[Ac].[Ac].[Ac]. The molecule has 20 heteroatoms. The Morgan fingerprint density at radius 2 is 1.26 bits per heavy atom. The number of hydrogen-bond acceptors (Lipinski definition) is 12. The average molecular weight is 2000 g/mol. The summed E-state index contributed by atoms with van der Waals surface area (Å²) in [6.07, 6.45) is -15.3. The number of carbonyl (C=O) groups excluding carboxylic acids is 1. The smallest absolute Gasteiger partial charge is 0.248 e. The second-order valence-corrected chi connectivity index (χ2v) is 6.56. The van der Waals surface area contributed by atoms with Crippen molar-refractivity contribution in [1.82, 2.24) is 5.32 Å². The summed E-state index contributed by atoms with van der Waals surface area (Å²) in [6.45, 7) is -1.70. The summed E-state index contributed by atoms with van der Waals surface area (Å²) in [5, 5.41) is 71.2. The first-order valence-electron chi connectivity index (χ1n) is 8.61. The molecule has 2 fully saturated rings. The second-order valence-electron chi connectivity index (χ2n) is 6.56. The Kier molecular flexibility index (Phi) is 49.1. The number of hydrogen-bond donors (Lipinski definition) is 8. The van der Waals surface area contributed by atoms with Crippen molar-refractivity contribution in [3.8, 4) is 0 Å². The molecule has 2 aliphatic rings. The van der Waals surface area contributed by atoms with Gasteiger partial charge in [0.1, 0.15) is 55.4 Å². The summed E-state index contributed by atoms with van der Waals surface area (Å²) >= 11 is 0. The molecule has 7 radical (unpaired) electrons. The number of carbonyl (C=O) groups is 1. The Bertz CT molecular complexity index is 531. The second kappa shape index (κ2) is 30.5. The zero-order chi connectivity index (χ0) is 21.0. The van der Waals surface area contributed by atoms with Gasteiger partial charge in [0.25, 0.3) is 0 Å². The van der Waals surface area contributed by atoms with Crippen LogP contribution in [0.15, 0.2) is 0 Å².